The highest BCUT2D eigenvalue weighted by molar-refractivity contribution is 7.91. The molecule has 1 aliphatic heterocycles. The zero-order valence-corrected chi connectivity index (χ0v) is 13.3. The molecule has 1 N–H and O–H groups in total. The molecule has 0 spiro atoms. The summed E-state index contributed by atoms with van der Waals surface area (Å²) in [6, 6.07) is 5.64. The lowest BCUT2D eigenvalue weighted by Crippen LogP contribution is -2.29. The molecule has 0 aliphatic carbocycles. The molecule has 1 heterocycles. The third-order valence-corrected chi connectivity index (χ3v) is 5.80. The SMILES string of the molecule is CCNC(c1ccc(Cl)c(OC)c1)C1CCS(=O)(=O)C1. The van der Waals surface area contributed by atoms with E-state index >= 15 is 0 Å². The van der Waals surface area contributed by atoms with Gasteiger partial charge in [0.2, 0.25) is 0 Å². The quantitative estimate of drug-likeness (QED) is 0.906. The van der Waals surface area contributed by atoms with Crippen molar-refractivity contribution in [2.45, 2.75) is 19.4 Å². The molecular formula is C14H20ClNO3S. The van der Waals surface area contributed by atoms with Gasteiger partial charge in [-0.25, -0.2) is 8.42 Å². The molecule has 1 aromatic carbocycles. The summed E-state index contributed by atoms with van der Waals surface area (Å²) in [6.45, 7) is 2.80. The predicted octanol–water partition coefficient (Wildman–Crippen LogP) is 2.43. The first-order valence-corrected chi connectivity index (χ1v) is 8.94. The molecule has 2 unspecified atom stereocenters. The highest BCUT2D eigenvalue weighted by Gasteiger charge is 2.34. The van der Waals surface area contributed by atoms with Gasteiger partial charge in [-0.05, 0) is 36.6 Å². The minimum Gasteiger partial charge on any atom is -0.495 e. The second kappa shape index (κ2) is 6.33. The van der Waals surface area contributed by atoms with Crippen molar-refractivity contribution in [3.63, 3.8) is 0 Å². The van der Waals surface area contributed by atoms with Crippen molar-refractivity contribution in [3.8, 4) is 5.75 Å². The molecule has 0 saturated carbocycles. The van der Waals surface area contributed by atoms with Gasteiger partial charge in [-0.15, -0.1) is 0 Å². The van der Waals surface area contributed by atoms with Crippen LogP contribution in [-0.2, 0) is 9.84 Å². The molecule has 0 bridgehead atoms. The predicted molar refractivity (Wildman–Crippen MR) is 81.2 cm³/mol. The normalized spacial score (nSPS) is 22.6. The van der Waals surface area contributed by atoms with E-state index in [9.17, 15) is 8.42 Å². The lowest BCUT2D eigenvalue weighted by Gasteiger charge is -2.24. The standard InChI is InChI=1S/C14H20ClNO3S/c1-3-16-14(11-6-7-20(17,18)9-11)10-4-5-12(15)13(8-10)19-2/h4-5,8,11,14,16H,3,6-7,9H2,1-2H3. The molecule has 4 nitrogen and oxygen atoms in total. The van der Waals surface area contributed by atoms with Crippen LogP contribution in [0.1, 0.15) is 24.9 Å². The van der Waals surface area contributed by atoms with Crippen LogP contribution in [-0.4, -0.2) is 33.6 Å². The first-order chi connectivity index (χ1) is 9.46. The average Bonchev–Trinajstić information content (AvgIpc) is 2.77. The molecule has 0 amide bonds. The Kier molecular flexibility index (Phi) is 4.94. The van der Waals surface area contributed by atoms with Gasteiger partial charge in [-0.3, -0.25) is 0 Å². The van der Waals surface area contributed by atoms with E-state index in [4.69, 9.17) is 16.3 Å². The summed E-state index contributed by atoms with van der Waals surface area (Å²) in [7, 11) is -1.31. The zero-order chi connectivity index (χ0) is 14.8. The Morgan fingerprint density at radius 3 is 2.80 bits per heavy atom. The number of sulfone groups is 1. The second-order valence-electron chi connectivity index (χ2n) is 5.09. The van der Waals surface area contributed by atoms with Gasteiger partial charge in [0.25, 0.3) is 0 Å². The van der Waals surface area contributed by atoms with E-state index in [-0.39, 0.29) is 23.5 Å². The molecule has 2 rings (SSSR count). The Hall–Kier alpha value is -0.780. The number of nitrogens with one attached hydrogen (secondary N) is 1. The smallest absolute Gasteiger partial charge is 0.150 e. The fraction of sp³-hybridized carbons (Fsp3) is 0.571. The van der Waals surface area contributed by atoms with E-state index in [1.54, 1.807) is 13.2 Å². The van der Waals surface area contributed by atoms with Gasteiger partial charge in [-0.2, -0.15) is 0 Å². The van der Waals surface area contributed by atoms with Gasteiger partial charge in [0.1, 0.15) is 5.75 Å². The highest BCUT2D eigenvalue weighted by atomic mass is 35.5. The van der Waals surface area contributed by atoms with Gasteiger partial charge >= 0.3 is 0 Å². The van der Waals surface area contributed by atoms with Crippen LogP contribution in [0.25, 0.3) is 0 Å². The number of methoxy groups -OCH3 is 1. The molecule has 1 saturated heterocycles. The Bertz CT molecular complexity index is 574. The molecule has 0 aromatic heterocycles. The summed E-state index contributed by atoms with van der Waals surface area (Å²) in [5, 5.41) is 3.95. The van der Waals surface area contributed by atoms with Crippen LogP contribution in [0.15, 0.2) is 18.2 Å². The monoisotopic (exact) mass is 317 g/mol. The number of benzene rings is 1. The van der Waals surface area contributed by atoms with Crippen molar-refractivity contribution in [3.05, 3.63) is 28.8 Å². The van der Waals surface area contributed by atoms with E-state index in [0.29, 0.717) is 17.2 Å². The molecule has 1 aromatic rings. The summed E-state index contributed by atoms with van der Waals surface area (Å²) < 4.78 is 28.6. The first kappa shape index (κ1) is 15.6. The molecular weight excluding hydrogens is 298 g/mol. The van der Waals surface area contributed by atoms with Gasteiger partial charge in [0.05, 0.1) is 23.6 Å². The third kappa shape index (κ3) is 3.45. The van der Waals surface area contributed by atoms with Gasteiger partial charge in [0, 0.05) is 6.04 Å². The Labute approximate surface area is 125 Å². The number of rotatable bonds is 5. The maximum atomic E-state index is 11.7. The number of halogens is 1. The Morgan fingerprint density at radius 2 is 2.25 bits per heavy atom. The Balaban J connectivity index is 2.29. The molecule has 2 atom stereocenters. The summed E-state index contributed by atoms with van der Waals surface area (Å²) >= 11 is 6.04. The molecule has 20 heavy (non-hydrogen) atoms. The van der Waals surface area contributed by atoms with Crippen LogP contribution in [0.3, 0.4) is 0 Å². The van der Waals surface area contributed by atoms with Crippen LogP contribution < -0.4 is 10.1 Å². The first-order valence-electron chi connectivity index (χ1n) is 6.74. The number of ether oxygens (including phenoxy) is 1. The fourth-order valence-corrected chi connectivity index (χ4v) is 4.77. The van der Waals surface area contributed by atoms with Crippen LogP contribution in [0.4, 0.5) is 0 Å². The van der Waals surface area contributed by atoms with Crippen molar-refractivity contribution in [2.75, 3.05) is 25.2 Å². The number of hydrogen-bond donors (Lipinski definition) is 1. The van der Waals surface area contributed by atoms with Gasteiger partial charge in [0.15, 0.2) is 9.84 Å². The topological polar surface area (TPSA) is 55.4 Å². The van der Waals surface area contributed by atoms with Gasteiger partial charge in [-0.1, -0.05) is 24.6 Å². The fourth-order valence-electron chi connectivity index (χ4n) is 2.73. The molecule has 112 valence electrons. The van der Waals surface area contributed by atoms with E-state index in [2.05, 4.69) is 5.32 Å². The van der Waals surface area contributed by atoms with E-state index in [0.717, 1.165) is 12.1 Å². The van der Waals surface area contributed by atoms with E-state index < -0.39 is 9.84 Å². The summed E-state index contributed by atoms with van der Waals surface area (Å²) in [6.07, 6.45) is 0.699. The van der Waals surface area contributed by atoms with Gasteiger partial charge < -0.3 is 10.1 Å². The van der Waals surface area contributed by atoms with Crippen LogP contribution in [0, 0.1) is 5.92 Å². The van der Waals surface area contributed by atoms with Crippen molar-refractivity contribution in [1.29, 1.82) is 0 Å². The lowest BCUT2D eigenvalue weighted by atomic mass is 9.92. The van der Waals surface area contributed by atoms with Crippen molar-refractivity contribution >= 4 is 21.4 Å². The largest absolute Gasteiger partial charge is 0.495 e. The van der Waals surface area contributed by atoms with E-state index in [1.807, 2.05) is 19.1 Å². The number of hydrogen-bond acceptors (Lipinski definition) is 4. The molecule has 6 heteroatoms. The molecule has 1 fully saturated rings. The van der Waals surface area contributed by atoms with Crippen molar-refractivity contribution in [1.82, 2.24) is 5.32 Å². The highest BCUT2D eigenvalue weighted by Crippen LogP contribution is 2.35. The maximum absolute atomic E-state index is 11.7. The summed E-state index contributed by atoms with van der Waals surface area (Å²) in [5.41, 5.74) is 1.02. The maximum Gasteiger partial charge on any atom is 0.150 e. The zero-order valence-electron chi connectivity index (χ0n) is 11.7. The lowest BCUT2D eigenvalue weighted by molar-refractivity contribution is 0.392. The summed E-state index contributed by atoms with van der Waals surface area (Å²) in [4.78, 5) is 0. The van der Waals surface area contributed by atoms with Crippen LogP contribution in [0.2, 0.25) is 5.02 Å². The minimum absolute atomic E-state index is 0.0171. The van der Waals surface area contributed by atoms with Crippen molar-refractivity contribution in [2.24, 2.45) is 5.92 Å². The molecule has 0 radical (unpaired) electrons. The minimum atomic E-state index is -2.89. The summed E-state index contributed by atoms with van der Waals surface area (Å²) in [5.74, 6) is 1.25. The Morgan fingerprint density at radius 1 is 1.50 bits per heavy atom. The third-order valence-electron chi connectivity index (χ3n) is 3.70. The van der Waals surface area contributed by atoms with Crippen LogP contribution in [0.5, 0.6) is 5.75 Å². The average molecular weight is 318 g/mol. The molecule has 1 aliphatic rings. The van der Waals surface area contributed by atoms with Crippen LogP contribution >= 0.6 is 11.6 Å². The second-order valence-corrected chi connectivity index (χ2v) is 7.73. The van der Waals surface area contributed by atoms with Crippen molar-refractivity contribution < 1.29 is 13.2 Å². The van der Waals surface area contributed by atoms with E-state index in [1.165, 1.54) is 0 Å².